The molecule has 40 heavy (non-hydrogen) atoms. The van der Waals surface area contributed by atoms with Crippen LogP contribution in [-0.2, 0) is 22.6 Å². The molecule has 2 N–H and O–H groups in total. The molecule has 6 aromatic rings. The number of sulfonamides is 1. The largest absolute Gasteiger partial charge is 0.345 e. The summed E-state index contributed by atoms with van der Waals surface area (Å²) in [6.07, 6.45) is 15.2. The molecule has 0 bridgehead atoms. The van der Waals surface area contributed by atoms with Crippen LogP contribution in [-0.4, -0.2) is 48.2 Å². The van der Waals surface area contributed by atoms with Crippen molar-refractivity contribution in [3.63, 3.8) is 0 Å². The second kappa shape index (κ2) is 9.42. The fourth-order valence-electron chi connectivity index (χ4n) is 5.19. The average molecular weight is 555 g/mol. The zero-order valence-electron chi connectivity index (χ0n) is 22.0. The predicted octanol–water partition coefficient (Wildman–Crippen LogP) is 3.64. The molecule has 0 fully saturated rings. The number of aromatic nitrogens is 7. The second-order valence-corrected chi connectivity index (χ2v) is 11.6. The third-order valence-electron chi connectivity index (χ3n) is 7.27. The first kappa shape index (κ1) is 25.4. The molecule has 0 saturated carbocycles. The lowest BCUT2D eigenvalue weighted by atomic mass is 9.93. The zero-order valence-corrected chi connectivity index (χ0v) is 22.8. The number of aromatic amines is 1. The minimum atomic E-state index is -3.60. The van der Waals surface area contributed by atoms with E-state index < -0.39 is 15.6 Å². The van der Waals surface area contributed by atoms with E-state index in [1.807, 2.05) is 49.1 Å². The lowest BCUT2D eigenvalue weighted by Gasteiger charge is -2.31. The molecule has 11 nitrogen and oxygen atoms in total. The molecule has 5 heterocycles. The van der Waals surface area contributed by atoms with Crippen LogP contribution >= 0.6 is 0 Å². The second-order valence-electron chi connectivity index (χ2n) is 9.62. The average Bonchev–Trinajstić information content (AvgIpc) is 3.56. The fraction of sp³-hybridized carbons (Fsp3) is 0.179. The van der Waals surface area contributed by atoms with Gasteiger partial charge in [0.2, 0.25) is 10.0 Å². The van der Waals surface area contributed by atoms with Gasteiger partial charge in [0.1, 0.15) is 11.1 Å². The maximum atomic E-state index is 12.8. The molecular formula is C28H26N8O3S. The van der Waals surface area contributed by atoms with E-state index in [4.69, 9.17) is 0 Å². The Hall–Kier alpha value is -4.84. The summed E-state index contributed by atoms with van der Waals surface area (Å²) >= 11 is 0. The summed E-state index contributed by atoms with van der Waals surface area (Å²) in [7, 11) is -1.79. The number of nitrogens with zero attached hydrogens (tertiary/aromatic N) is 6. The van der Waals surface area contributed by atoms with E-state index in [2.05, 4.69) is 29.6 Å². The third kappa shape index (κ3) is 4.04. The highest BCUT2D eigenvalue weighted by Gasteiger charge is 2.36. The minimum Gasteiger partial charge on any atom is -0.345 e. The molecule has 0 radical (unpaired) electrons. The van der Waals surface area contributed by atoms with Crippen molar-refractivity contribution in [2.45, 2.75) is 19.4 Å². The first-order valence-electron chi connectivity index (χ1n) is 12.6. The number of pyridine rings is 1. The number of benzene rings is 1. The van der Waals surface area contributed by atoms with Crippen molar-refractivity contribution in [2.75, 3.05) is 10.5 Å². The Morgan fingerprint density at radius 3 is 2.33 bits per heavy atom. The van der Waals surface area contributed by atoms with Crippen LogP contribution in [0, 0.1) is 0 Å². The molecule has 0 aliphatic rings. The van der Waals surface area contributed by atoms with E-state index in [-0.39, 0.29) is 11.3 Å². The van der Waals surface area contributed by atoms with Gasteiger partial charge >= 0.3 is 0 Å². The van der Waals surface area contributed by atoms with Gasteiger partial charge < -0.3 is 14.1 Å². The quantitative estimate of drug-likeness (QED) is 0.307. The minimum absolute atomic E-state index is 0.0833. The van der Waals surface area contributed by atoms with E-state index in [1.165, 1.54) is 0 Å². The van der Waals surface area contributed by atoms with Crippen molar-refractivity contribution in [1.82, 2.24) is 34.1 Å². The number of aryl methyl sites for hydroxylation is 1. The highest BCUT2D eigenvalue weighted by molar-refractivity contribution is 7.92. The molecule has 6 rings (SSSR count). The van der Waals surface area contributed by atoms with Crippen LogP contribution in [0.3, 0.4) is 0 Å². The lowest BCUT2D eigenvalue weighted by Crippen LogP contribution is -2.34. The zero-order chi connectivity index (χ0) is 28.1. The summed E-state index contributed by atoms with van der Waals surface area (Å²) < 4.78 is 32.1. The first-order valence-corrected chi connectivity index (χ1v) is 14.2. The summed E-state index contributed by atoms with van der Waals surface area (Å²) in [5, 5.41) is 1.44. The van der Waals surface area contributed by atoms with Crippen molar-refractivity contribution in [3.05, 3.63) is 102 Å². The molecule has 202 valence electrons. The number of hydrogen-bond acceptors (Lipinski definition) is 7. The molecule has 0 spiro atoms. The van der Waals surface area contributed by atoms with E-state index in [0.717, 1.165) is 22.0 Å². The van der Waals surface area contributed by atoms with E-state index >= 15 is 0 Å². The van der Waals surface area contributed by atoms with Gasteiger partial charge in [-0.3, -0.25) is 29.5 Å². The number of H-pyrrole nitrogens is 1. The Bertz CT molecular complexity index is 1990. The number of fused-ring (bicyclic) bond motifs is 2. The van der Waals surface area contributed by atoms with Crippen LogP contribution in [0.2, 0.25) is 0 Å². The van der Waals surface area contributed by atoms with Crippen LogP contribution < -0.4 is 10.3 Å². The normalized spacial score (nSPS) is 12.3. The van der Waals surface area contributed by atoms with Gasteiger partial charge in [0.15, 0.2) is 0 Å². The lowest BCUT2D eigenvalue weighted by molar-refractivity contribution is 0.459. The van der Waals surface area contributed by atoms with Gasteiger partial charge in [-0.05, 0) is 43.7 Å². The van der Waals surface area contributed by atoms with Crippen LogP contribution in [0.4, 0.5) is 5.69 Å². The molecule has 12 heteroatoms. The smallest absolute Gasteiger partial charge is 0.272 e. The van der Waals surface area contributed by atoms with Gasteiger partial charge in [0.25, 0.3) is 5.56 Å². The van der Waals surface area contributed by atoms with Crippen LogP contribution in [0.1, 0.15) is 25.2 Å². The highest BCUT2D eigenvalue weighted by atomic mass is 32.2. The summed E-state index contributed by atoms with van der Waals surface area (Å²) in [6.45, 7) is 3.56. The van der Waals surface area contributed by atoms with Gasteiger partial charge in [0, 0.05) is 66.8 Å². The van der Waals surface area contributed by atoms with E-state index in [1.54, 1.807) is 60.9 Å². The van der Waals surface area contributed by atoms with Crippen LogP contribution in [0.15, 0.2) is 84.8 Å². The molecule has 0 amide bonds. The van der Waals surface area contributed by atoms with E-state index in [9.17, 15) is 13.2 Å². The van der Waals surface area contributed by atoms with Crippen molar-refractivity contribution in [3.8, 4) is 11.1 Å². The Balaban J connectivity index is 1.69. The molecule has 0 saturated heterocycles. The van der Waals surface area contributed by atoms with Gasteiger partial charge in [-0.15, -0.1) is 0 Å². The standard InChI is InChI=1S/C28H26N8O3S/c1-4-40(38,39)34-22-13-18(21-17-35(3)26-19(21)5-7-33-27(26)37)14-23-20(22)6-12-36(23)28(2,24-15-29-8-10-31-24)25-16-30-9-11-32-25/h5-17,34H,4H2,1-3H3,(H,33,37). The van der Waals surface area contributed by atoms with Crippen molar-refractivity contribution >= 4 is 37.5 Å². The molecule has 0 atom stereocenters. The summed E-state index contributed by atoms with van der Waals surface area (Å²) in [4.78, 5) is 33.2. The molecular weight excluding hydrogens is 528 g/mol. The van der Waals surface area contributed by atoms with Gasteiger partial charge in [-0.1, -0.05) is 0 Å². The Morgan fingerprint density at radius 2 is 1.70 bits per heavy atom. The number of anilines is 1. The third-order valence-corrected chi connectivity index (χ3v) is 8.56. The van der Waals surface area contributed by atoms with E-state index in [0.29, 0.717) is 28.0 Å². The van der Waals surface area contributed by atoms with Gasteiger partial charge in [-0.25, -0.2) is 8.42 Å². The summed E-state index contributed by atoms with van der Waals surface area (Å²) in [5.41, 5.74) is 3.31. The number of nitrogens with one attached hydrogen (secondary N) is 2. The highest BCUT2D eigenvalue weighted by Crippen LogP contribution is 2.40. The number of hydrogen-bond donors (Lipinski definition) is 2. The molecule has 1 aromatic carbocycles. The number of rotatable bonds is 7. The molecule has 0 unspecified atom stereocenters. The monoisotopic (exact) mass is 554 g/mol. The maximum Gasteiger partial charge on any atom is 0.272 e. The summed E-state index contributed by atoms with van der Waals surface area (Å²) in [5.74, 6) is -0.0833. The Labute approximate surface area is 229 Å². The molecule has 5 aromatic heterocycles. The fourth-order valence-corrected chi connectivity index (χ4v) is 5.83. The molecule has 0 aliphatic carbocycles. The van der Waals surface area contributed by atoms with Gasteiger partial charge in [0.05, 0.1) is 40.7 Å². The maximum absolute atomic E-state index is 12.8. The first-order chi connectivity index (χ1) is 19.2. The van der Waals surface area contributed by atoms with Gasteiger partial charge in [-0.2, -0.15) is 0 Å². The Kier molecular flexibility index (Phi) is 5.99. The Morgan fingerprint density at radius 1 is 1.00 bits per heavy atom. The predicted molar refractivity (Wildman–Crippen MR) is 153 cm³/mol. The van der Waals surface area contributed by atoms with Crippen molar-refractivity contribution < 1.29 is 8.42 Å². The summed E-state index contributed by atoms with van der Waals surface area (Å²) in [6, 6.07) is 7.50. The van der Waals surface area contributed by atoms with Crippen molar-refractivity contribution in [2.24, 2.45) is 7.05 Å². The SMILES string of the molecule is CCS(=O)(=O)Nc1cc(-c2cn(C)c3c(=O)[nH]ccc23)cc2c1ccn2C(C)(c1cnccn1)c1cnccn1. The topological polar surface area (TPSA) is 140 Å². The van der Waals surface area contributed by atoms with Crippen LogP contribution in [0.25, 0.3) is 32.9 Å². The molecule has 0 aliphatic heterocycles. The van der Waals surface area contributed by atoms with Crippen molar-refractivity contribution in [1.29, 1.82) is 0 Å². The van der Waals surface area contributed by atoms with Crippen LogP contribution in [0.5, 0.6) is 0 Å².